The fourth-order valence-electron chi connectivity index (χ4n) is 4.94. The molecule has 1 saturated heterocycles. The number of ether oxygens (including phenoxy) is 1. The van der Waals surface area contributed by atoms with Gasteiger partial charge in [0.05, 0.1) is 5.92 Å². The van der Waals surface area contributed by atoms with Crippen molar-refractivity contribution in [2.24, 2.45) is 5.92 Å². The van der Waals surface area contributed by atoms with E-state index in [1.807, 2.05) is 6.08 Å². The number of hydrogen-bond donors (Lipinski definition) is 0. The molecule has 0 aliphatic carbocycles. The van der Waals surface area contributed by atoms with E-state index in [1.165, 1.54) is 122 Å². The largest absolute Gasteiger partial charge is 0.393 e. The average Bonchev–Trinajstić information content (AvgIpc) is 2.83. The van der Waals surface area contributed by atoms with Crippen LogP contribution in [0.25, 0.3) is 0 Å². The van der Waals surface area contributed by atoms with Gasteiger partial charge in [0.25, 0.3) is 0 Å². The third-order valence-electron chi connectivity index (χ3n) is 7.26. The zero-order chi connectivity index (χ0) is 24.5. The lowest BCUT2D eigenvalue weighted by Crippen LogP contribution is -2.20. The summed E-state index contributed by atoms with van der Waals surface area (Å²) < 4.78 is 5.16. The number of hydrogen-bond acceptors (Lipinski definition) is 3. The van der Waals surface area contributed by atoms with Gasteiger partial charge in [0, 0.05) is 6.42 Å². The predicted molar refractivity (Wildman–Crippen MR) is 145 cm³/mol. The van der Waals surface area contributed by atoms with Crippen LogP contribution < -0.4 is 0 Å². The minimum atomic E-state index is -0.340. The Morgan fingerprint density at radius 2 is 1.12 bits per heavy atom. The summed E-state index contributed by atoms with van der Waals surface area (Å²) in [4.78, 5) is 24.5. The van der Waals surface area contributed by atoms with E-state index in [9.17, 15) is 9.59 Å². The van der Waals surface area contributed by atoms with Gasteiger partial charge in [0.15, 0.2) is 0 Å². The number of allylic oxidation sites excluding steroid dienone is 1. The minimum Gasteiger partial charge on any atom is -0.393 e. The third-order valence-corrected chi connectivity index (χ3v) is 7.26. The Labute approximate surface area is 211 Å². The van der Waals surface area contributed by atoms with Crippen LogP contribution in [0.3, 0.4) is 0 Å². The van der Waals surface area contributed by atoms with E-state index in [1.54, 1.807) is 0 Å². The first kappa shape index (κ1) is 30.9. The zero-order valence-corrected chi connectivity index (χ0v) is 22.6. The van der Waals surface area contributed by atoms with Crippen LogP contribution in [0.15, 0.2) is 12.2 Å². The highest BCUT2D eigenvalue weighted by molar-refractivity contribution is 5.87. The van der Waals surface area contributed by atoms with Crippen LogP contribution in [-0.4, -0.2) is 11.9 Å². The van der Waals surface area contributed by atoms with Gasteiger partial charge in [-0.1, -0.05) is 147 Å². The molecule has 1 aliphatic heterocycles. The number of unbranched alkanes of at least 4 members (excludes halogenated alkanes) is 14. The molecule has 3 nitrogen and oxygen atoms in total. The first-order chi connectivity index (χ1) is 16.7. The monoisotopic (exact) mass is 476 g/mol. The van der Waals surface area contributed by atoms with E-state index in [0.29, 0.717) is 6.42 Å². The number of carbonyl (C=O) groups excluding carboxylic acids is 2. The Bertz CT molecular complexity index is 511. The van der Waals surface area contributed by atoms with E-state index < -0.39 is 0 Å². The summed E-state index contributed by atoms with van der Waals surface area (Å²) in [7, 11) is 0. The first-order valence-corrected chi connectivity index (χ1v) is 15.1. The van der Waals surface area contributed by atoms with Gasteiger partial charge in [0.2, 0.25) is 0 Å². The maximum Gasteiger partial charge on any atom is 0.320 e. The molecule has 1 heterocycles. The quantitative estimate of drug-likeness (QED) is 0.0963. The Balaban J connectivity index is 2.09. The van der Waals surface area contributed by atoms with Crippen molar-refractivity contribution in [1.29, 1.82) is 0 Å². The molecule has 1 unspecified atom stereocenters. The molecule has 34 heavy (non-hydrogen) atoms. The number of carbonyl (C=O) groups is 2. The second-order valence-corrected chi connectivity index (χ2v) is 10.6. The van der Waals surface area contributed by atoms with Gasteiger partial charge in [-0.05, 0) is 25.7 Å². The van der Waals surface area contributed by atoms with Gasteiger partial charge in [-0.3, -0.25) is 9.59 Å². The van der Waals surface area contributed by atoms with Gasteiger partial charge in [-0.2, -0.15) is 0 Å². The van der Waals surface area contributed by atoms with Crippen molar-refractivity contribution in [2.75, 3.05) is 0 Å². The van der Waals surface area contributed by atoms with Crippen molar-refractivity contribution >= 4 is 11.9 Å². The summed E-state index contributed by atoms with van der Waals surface area (Å²) in [5, 5.41) is 0. The summed E-state index contributed by atoms with van der Waals surface area (Å²) in [5.74, 6) is -0.926. The van der Waals surface area contributed by atoms with Gasteiger partial charge in [-0.15, -0.1) is 0 Å². The lowest BCUT2D eigenvalue weighted by molar-refractivity contribution is -0.161. The molecule has 1 rings (SSSR count). The first-order valence-electron chi connectivity index (χ1n) is 15.1. The fourth-order valence-corrected chi connectivity index (χ4v) is 4.94. The third kappa shape index (κ3) is 19.2. The SMILES string of the molecule is CCCCCCCCCCCCCCCCC=CC1CCCCCCCCCCC(=O)OC1=O. The summed E-state index contributed by atoms with van der Waals surface area (Å²) in [6.07, 6.45) is 34.7. The van der Waals surface area contributed by atoms with Crippen molar-refractivity contribution < 1.29 is 14.3 Å². The molecule has 1 aliphatic rings. The molecule has 198 valence electrons. The zero-order valence-electron chi connectivity index (χ0n) is 22.6. The second kappa shape index (κ2) is 23.6. The highest BCUT2D eigenvalue weighted by Crippen LogP contribution is 2.19. The summed E-state index contributed by atoms with van der Waals surface area (Å²) >= 11 is 0. The molecule has 0 aromatic carbocycles. The van der Waals surface area contributed by atoms with Gasteiger partial charge in [0.1, 0.15) is 0 Å². The van der Waals surface area contributed by atoms with Gasteiger partial charge >= 0.3 is 11.9 Å². The molecule has 0 aromatic rings. The van der Waals surface area contributed by atoms with Crippen LogP contribution >= 0.6 is 0 Å². The molecule has 0 spiro atoms. The van der Waals surface area contributed by atoms with Crippen molar-refractivity contribution in [2.45, 2.75) is 167 Å². The smallest absolute Gasteiger partial charge is 0.320 e. The van der Waals surface area contributed by atoms with Crippen molar-refractivity contribution in [3.05, 3.63) is 12.2 Å². The standard InChI is InChI=1S/C31H56O3/c1-2-3-4-5-6-7-8-9-10-11-12-13-14-17-20-23-26-29-27-24-21-18-15-16-19-22-25-28-30(32)34-31(29)33/h23,26,29H,2-22,24-25,27-28H2,1H3. The Hall–Kier alpha value is -1.12. The molecule has 0 saturated carbocycles. The Kier molecular flexibility index (Phi) is 21.5. The number of cyclic esters (lactones) is 2. The number of rotatable bonds is 16. The Morgan fingerprint density at radius 1 is 0.647 bits per heavy atom. The average molecular weight is 477 g/mol. The maximum atomic E-state index is 12.5. The van der Waals surface area contributed by atoms with Crippen LogP contribution in [0, 0.1) is 5.92 Å². The Morgan fingerprint density at radius 3 is 1.68 bits per heavy atom. The number of esters is 2. The van der Waals surface area contributed by atoms with Gasteiger partial charge in [-0.25, -0.2) is 0 Å². The van der Waals surface area contributed by atoms with E-state index in [4.69, 9.17) is 4.74 Å². The van der Waals surface area contributed by atoms with E-state index in [2.05, 4.69) is 13.0 Å². The molecule has 1 atom stereocenters. The molecule has 0 N–H and O–H groups in total. The summed E-state index contributed by atoms with van der Waals surface area (Å²) in [6, 6.07) is 0. The highest BCUT2D eigenvalue weighted by atomic mass is 16.6. The molecular weight excluding hydrogens is 420 g/mol. The summed E-state index contributed by atoms with van der Waals surface area (Å²) in [5.41, 5.74) is 0. The van der Waals surface area contributed by atoms with E-state index in [0.717, 1.165) is 32.1 Å². The van der Waals surface area contributed by atoms with E-state index >= 15 is 0 Å². The molecule has 1 fully saturated rings. The lowest BCUT2D eigenvalue weighted by atomic mass is 9.98. The highest BCUT2D eigenvalue weighted by Gasteiger charge is 2.20. The molecule has 0 bridgehead atoms. The fraction of sp³-hybridized carbons (Fsp3) is 0.871. The van der Waals surface area contributed by atoms with E-state index in [-0.39, 0.29) is 17.9 Å². The van der Waals surface area contributed by atoms with Gasteiger partial charge < -0.3 is 4.74 Å². The maximum absolute atomic E-state index is 12.5. The van der Waals surface area contributed by atoms with Crippen LogP contribution in [-0.2, 0) is 14.3 Å². The van der Waals surface area contributed by atoms with Crippen LogP contribution in [0.1, 0.15) is 167 Å². The second-order valence-electron chi connectivity index (χ2n) is 10.6. The molecule has 3 heteroatoms. The summed E-state index contributed by atoms with van der Waals surface area (Å²) in [6.45, 7) is 2.28. The molecule has 0 amide bonds. The van der Waals surface area contributed by atoms with Crippen LogP contribution in [0.5, 0.6) is 0 Å². The van der Waals surface area contributed by atoms with Crippen molar-refractivity contribution in [1.82, 2.24) is 0 Å². The predicted octanol–water partition coefficient (Wildman–Crippen LogP) is 10.0. The topological polar surface area (TPSA) is 43.4 Å². The van der Waals surface area contributed by atoms with Crippen molar-refractivity contribution in [3.8, 4) is 0 Å². The molecular formula is C31H56O3. The van der Waals surface area contributed by atoms with Crippen LogP contribution in [0.2, 0.25) is 0 Å². The van der Waals surface area contributed by atoms with Crippen LogP contribution in [0.4, 0.5) is 0 Å². The molecule has 0 radical (unpaired) electrons. The molecule has 0 aromatic heterocycles. The lowest BCUT2D eigenvalue weighted by Gasteiger charge is -2.12. The minimum absolute atomic E-state index is 0.251. The normalized spacial score (nSPS) is 19.3. The van der Waals surface area contributed by atoms with Crippen molar-refractivity contribution in [3.63, 3.8) is 0 Å².